The molecule has 0 bridgehead atoms. The smallest absolute Gasteiger partial charge is 0.191 e. The summed E-state index contributed by atoms with van der Waals surface area (Å²) >= 11 is 3.06. The number of nitrogen functional groups attached to an aromatic ring is 2. The molecule has 9 heteroatoms. The first-order chi connectivity index (χ1) is 12.6. The van der Waals surface area contributed by atoms with E-state index in [1.165, 1.54) is 23.4 Å². The molecule has 0 spiro atoms. The number of nitrogens with zero attached hydrogens (tertiary/aromatic N) is 5. The molecule has 26 heavy (non-hydrogen) atoms. The van der Waals surface area contributed by atoms with Crippen molar-refractivity contribution in [3.63, 3.8) is 0 Å². The van der Waals surface area contributed by atoms with E-state index in [1.807, 2.05) is 29.8 Å². The molecule has 0 aliphatic rings. The molecular weight excluding hydrogens is 366 g/mol. The van der Waals surface area contributed by atoms with Gasteiger partial charge < -0.3 is 16.0 Å². The maximum Gasteiger partial charge on any atom is 0.191 e. The average molecular weight is 386 g/mol. The first-order valence-electron chi connectivity index (χ1n) is 7.87. The lowest BCUT2D eigenvalue weighted by molar-refractivity contribution is 0.762. The topological polar surface area (TPSA) is 109 Å². The van der Waals surface area contributed by atoms with Crippen LogP contribution >= 0.6 is 23.5 Å². The molecule has 1 aromatic carbocycles. The van der Waals surface area contributed by atoms with E-state index in [-0.39, 0.29) is 0 Å². The minimum atomic E-state index is 0.361. The Hall–Kier alpha value is -2.52. The third-order valence-corrected chi connectivity index (χ3v) is 5.24. The van der Waals surface area contributed by atoms with E-state index in [0.717, 1.165) is 16.7 Å². The minimum absolute atomic E-state index is 0.361. The van der Waals surface area contributed by atoms with E-state index in [1.54, 1.807) is 11.8 Å². The van der Waals surface area contributed by atoms with Crippen LogP contribution in [0.4, 0.5) is 11.6 Å². The number of aromatic nitrogens is 5. The van der Waals surface area contributed by atoms with Crippen molar-refractivity contribution in [1.82, 2.24) is 24.7 Å². The van der Waals surface area contributed by atoms with Gasteiger partial charge in [-0.1, -0.05) is 66.0 Å². The molecule has 0 aliphatic heterocycles. The Morgan fingerprint density at radius 1 is 1.04 bits per heavy atom. The van der Waals surface area contributed by atoms with Crippen LogP contribution in [0, 0.1) is 0 Å². The molecule has 0 saturated heterocycles. The lowest BCUT2D eigenvalue weighted by Gasteiger charge is -2.03. The Balaban J connectivity index is 1.55. The van der Waals surface area contributed by atoms with Gasteiger partial charge in [0.25, 0.3) is 0 Å². The average Bonchev–Trinajstić information content (AvgIpc) is 2.97. The molecule has 0 radical (unpaired) electrons. The minimum Gasteiger partial charge on any atom is -0.383 e. The second kappa shape index (κ2) is 8.72. The predicted octanol–water partition coefficient (Wildman–Crippen LogP) is 2.87. The van der Waals surface area contributed by atoms with Gasteiger partial charge in [-0.05, 0) is 5.56 Å². The summed E-state index contributed by atoms with van der Waals surface area (Å²) in [6.45, 7) is 0. The highest BCUT2D eigenvalue weighted by Gasteiger charge is 2.10. The van der Waals surface area contributed by atoms with Gasteiger partial charge in [0.05, 0.1) is 5.75 Å². The van der Waals surface area contributed by atoms with E-state index in [4.69, 9.17) is 11.5 Å². The third kappa shape index (κ3) is 4.99. The van der Waals surface area contributed by atoms with Crippen molar-refractivity contribution in [1.29, 1.82) is 0 Å². The molecule has 2 heterocycles. The molecular formula is C17H19N7S2. The molecule has 3 rings (SSSR count). The van der Waals surface area contributed by atoms with Crippen LogP contribution in [0.2, 0.25) is 0 Å². The molecule has 0 unspecified atom stereocenters. The summed E-state index contributed by atoms with van der Waals surface area (Å²) in [5.74, 6) is 2.98. The van der Waals surface area contributed by atoms with Crippen molar-refractivity contribution < 1.29 is 0 Å². The Morgan fingerprint density at radius 3 is 2.50 bits per heavy atom. The van der Waals surface area contributed by atoms with Crippen LogP contribution in [0.3, 0.4) is 0 Å². The molecule has 4 N–H and O–H groups in total. The van der Waals surface area contributed by atoms with Crippen LogP contribution in [0.1, 0.15) is 11.4 Å². The van der Waals surface area contributed by atoms with Crippen molar-refractivity contribution in [3.05, 3.63) is 53.9 Å². The number of thioether (sulfide) groups is 2. The fourth-order valence-corrected chi connectivity index (χ4v) is 3.71. The summed E-state index contributed by atoms with van der Waals surface area (Å²) in [6, 6.07) is 11.7. The molecule has 7 nitrogen and oxygen atoms in total. The molecule has 0 aliphatic carbocycles. The van der Waals surface area contributed by atoms with E-state index in [0.29, 0.717) is 22.5 Å². The van der Waals surface area contributed by atoms with Crippen molar-refractivity contribution in [2.75, 3.05) is 17.2 Å². The van der Waals surface area contributed by atoms with Gasteiger partial charge in [-0.15, -0.1) is 10.2 Å². The van der Waals surface area contributed by atoms with Gasteiger partial charge in [-0.3, -0.25) is 0 Å². The van der Waals surface area contributed by atoms with Gasteiger partial charge in [0.15, 0.2) is 10.3 Å². The summed E-state index contributed by atoms with van der Waals surface area (Å²) in [6.07, 6.45) is 4.22. The van der Waals surface area contributed by atoms with Gasteiger partial charge in [-0.25, -0.2) is 9.97 Å². The lowest BCUT2D eigenvalue weighted by atomic mass is 10.2. The summed E-state index contributed by atoms with van der Waals surface area (Å²) < 4.78 is 1.98. The summed E-state index contributed by atoms with van der Waals surface area (Å²) in [7, 11) is 1.95. The highest BCUT2D eigenvalue weighted by Crippen LogP contribution is 2.23. The van der Waals surface area contributed by atoms with Crippen molar-refractivity contribution >= 4 is 41.2 Å². The first-order valence-corrected chi connectivity index (χ1v) is 9.84. The van der Waals surface area contributed by atoms with E-state index >= 15 is 0 Å². The zero-order valence-electron chi connectivity index (χ0n) is 14.2. The zero-order valence-corrected chi connectivity index (χ0v) is 15.9. The third-order valence-electron chi connectivity index (χ3n) is 3.42. The fourth-order valence-electron chi connectivity index (χ4n) is 2.12. The molecule has 0 amide bonds. The van der Waals surface area contributed by atoms with Crippen LogP contribution in [0.25, 0.3) is 6.08 Å². The predicted molar refractivity (Wildman–Crippen MR) is 108 cm³/mol. The van der Waals surface area contributed by atoms with E-state index in [9.17, 15) is 0 Å². The molecule has 134 valence electrons. The van der Waals surface area contributed by atoms with Crippen LogP contribution in [-0.2, 0) is 12.8 Å². The highest BCUT2D eigenvalue weighted by molar-refractivity contribution is 7.99. The first kappa shape index (κ1) is 18.3. The molecule has 0 atom stereocenters. The SMILES string of the molecule is Cn1c(CSc2nc(N)cc(N)n2)nnc1SCC=Cc1ccccc1. The second-order valence-corrected chi connectivity index (χ2v) is 7.30. The number of anilines is 2. The monoisotopic (exact) mass is 385 g/mol. The van der Waals surface area contributed by atoms with Crippen molar-refractivity contribution in [2.45, 2.75) is 16.1 Å². The maximum absolute atomic E-state index is 5.69. The van der Waals surface area contributed by atoms with Crippen LogP contribution in [-0.4, -0.2) is 30.5 Å². The van der Waals surface area contributed by atoms with E-state index < -0.39 is 0 Å². The highest BCUT2D eigenvalue weighted by atomic mass is 32.2. The number of hydrogen-bond donors (Lipinski definition) is 2. The standard InChI is InChI=1S/C17H19N7S2/c1-24-15(11-26-16-20-13(18)10-14(19)21-16)22-23-17(24)25-9-5-8-12-6-3-2-4-7-12/h2-8,10H,9,11H2,1H3,(H4,18,19,20,21). The normalized spacial score (nSPS) is 11.3. The van der Waals surface area contributed by atoms with Crippen molar-refractivity contribution in [3.8, 4) is 0 Å². The largest absolute Gasteiger partial charge is 0.383 e. The summed E-state index contributed by atoms with van der Waals surface area (Å²) in [5.41, 5.74) is 12.6. The number of hydrogen-bond acceptors (Lipinski definition) is 8. The van der Waals surface area contributed by atoms with Gasteiger partial charge in [0.2, 0.25) is 0 Å². The summed E-state index contributed by atoms with van der Waals surface area (Å²) in [5, 5.41) is 9.89. The van der Waals surface area contributed by atoms with Gasteiger partial charge in [0, 0.05) is 18.9 Å². The summed E-state index contributed by atoms with van der Waals surface area (Å²) in [4.78, 5) is 8.31. The molecule has 0 fully saturated rings. The van der Waals surface area contributed by atoms with Crippen LogP contribution < -0.4 is 11.5 Å². The van der Waals surface area contributed by atoms with Crippen LogP contribution in [0.15, 0.2) is 52.8 Å². The number of rotatable bonds is 7. The number of nitrogens with two attached hydrogens (primary N) is 2. The Bertz CT molecular complexity index is 873. The van der Waals surface area contributed by atoms with E-state index in [2.05, 4.69) is 44.5 Å². The lowest BCUT2D eigenvalue weighted by Crippen LogP contribution is -2.01. The number of benzene rings is 1. The second-order valence-electron chi connectivity index (χ2n) is 5.37. The Labute approximate surface area is 160 Å². The molecule has 2 aromatic heterocycles. The fraction of sp³-hybridized carbons (Fsp3) is 0.176. The van der Waals surface area contributed by atoms with Gasteiger partial charge in [0.1, 0.15) is 17.5 Å². The quantitative estimate of drug-likeness (QED) is 0.472. The maximum atomic E-state index is 5.69. The Kier molecular flexibility index (Phi) is 6.13. The Morgan fingerprint density at radius 2 is 1.77 bits per heavy atom. The van der Waals surface area contributed by atoms with Crippen LogP contribution in [0.5, 0.6) is 0 Å². The molecule has 0 saturated carbocycles. The van der Waals surface area contributed by atoms with Crippen molar-refractivity contribution in [2.24, 2.45) is 7.05 Å². The zero-order chi connectivity index (χ0) is 18.4. The molecule has 3 aromatic rings. The van der Waals surface area contributed by atoms with Gasteiger partial charge >= 0.3 is 0 Å². The van der Waals surface area contributed by atoms with Gasteiger partial charge in [-0.2, -0.15) is 0 Å².